The Hall–Kier alpha value is -1.70. The average Bonchev–Trinajstić information content (AvgIpc) is 2.94. The number of carbonyl (C=O) groups excluding carboxylic acids is 1. The highest BCUT2D eigenvalue weighted by Crippen LogP contribution is 2.20. The minimum Gasteiger partial charge on any atom is -0.480 e. The van der Waals surface area contributed by atoms with Crippen molar-refractivity contribution in [1.82, 2.24) is 15.4 Å². The zero-order valence-corrected chi connectivity index (χ0v) is 10.6. The number of aromatic nitrogens is 1. The zero-order chi connectivity index (χ0) is 13.1. The molecule has 0 radical (unpaired) electrons. The van der Waals surface area contributed by atoms with E-state index >= 15 is 0 Å². The number of nitrogens with zero attached hydrogens (tertiary/aromatic N) is 2. The van der Waals surface area contributed by atoms with Crippen LogP contribution in [0.15, 0.2) is 10.6 Å². The summed E-state index contributed by atoms with van der Waals surface area (Å²) in [4.78, 5) is 24.0. The fraction of sp³-hybridized carbons (Fsp3) is 0.500. The van der Waals surface area contributed by atoms with Crippen molar-refractivity contribution in [2.45, 2.75) is 19.5 Å². The minimum atomic E-state index is -0.981. The molecule has 1 aromatic rings. The lowest BCUT2D eigenvalue weighted by molar-refractivity contribution is -0.140. The lowest BCUT2D eigenvalue weighted by atomic mass is 10.3. The Morgan fingerprint density at radius 2 is 2.50 bits per heavy atom. The number of aryl methyl sites for hydroxylation is 1. The van der Waals surface area contributed by atoms with E-state index in [9.17, 15) is 9.59 Å². The first-order valence-electron chi connectivity index (χ1n) is 5.35. The standard InChI is InChI=1S/C10H13N3O4S/c1-6-2-7(17-12-6)3-11-10(16)13-5-18-4-8(13)9(14)15/h2,8H,3-5H2,1H3,(H,11,16)(H,14,15). The van der Waals surface area contributed by atoms with E-state index in [-0.39, 0.29) is 6.54 Å². The molecule has 0 aliphatic carbocycles. The van der Waals surface area contributed by atoms with Crippen molar-refractivity contribution in [1.29, 1.82) is 0 Å². The van der Waals surface area contributed by atoms with Gasteiger partial charge in [0.15, 0.2) is 5.76 Å². The number of carbonyl (C=O) groups is 2. The molecular formula is C10H13N3O4S. The summed E-state index contributed by atoms with van der Waals surface area (Å²) >= 11 is 1.42. The quantitative estimate of drug-likeness (QED) is 0.838. The van der Waals surface area contributed by atoms with Gasteiger partial charge in [-0.05, 0) is 6.92 Å². The molecule has 0 spiro atoms. The Morgan fingerprint density at radius 1 is 1.72 bits per heavy atom. The van der Waals surface area contributed by atoms with Crippen molar-refractivity contribution >= 4 is 23.8 Å². The van der Waals surface area contributed by atoms with Crippen molar-refractivity contribution in [2.24, 2.45) is 0 Å². The van der Waals surface area contributed by atoms with E-state index in [0.717, 1.165) is 5.69 Å². The monoisotopic (exact) mass is 271 g/mol. The van der Waals surface area contributed by atoms with Crippen LogP contribution < -0.4 is 5.32 Å². The second kappa shape index (κ2) is 5.30. The van der Waals surface area contributed by atoms with E-state index in [2.05, 4.69) is 10.5 Å². The maximum absolute atomic E-state index is 11.8. The number of carboxylic acid groups (broad SMARTS) is 1. The van der Waals surface area contributed by atoms with Crippen LogP contribution in [0.3, 0.4) is 0 Å². The van der Waals surface area contributed by atoms with Crippen LogP contribution in [0, 0.1) is 6.92 Å². The van der Waals surface area contributed by atoms with Crippen molar-refractivity contribution in [3.8, 4) is 0 Å². The van der Waals surface area contributed by atoms with E-state index in [1.54, 1.807) is 13.0 Å². The normalized spacial score (nSPS) is 18.9. The maximum atomic E-state index is 11.8. The summed E-state index contributed by atoms with van der Waals surface area (Å²) in [7, 11) is 0. The molecule has 98 valence electrons. The van der Waals surface area contributed by atoms with Gasteiger partial charge in [0, 0.05) is 11.8 Å². The van der Waals surface area contributed by atoms with Crippen LogP contribution >= 0.6 is 11.8 Å². The van der Waals surface area contributed by atoms with Gasteiger partial charge in [-0.15, -0.1) is 11.8 Å². The fourth-order valence-corrected chi connectivity index (χ4v) is 2.76. The highest BCUT2D eigenvalue weighted by molar-refractivity contribution is 7.99. The summed E-state index contributed by atoms with van der Waals surface area (Å²) in [6.45, 7) is 1.99. The molecule has 2 N–H and O–H groups in total. The lowest BCUT2D eigenvalue weighted by Crippen LogP contribution is -2.46. The summed E-state index contributed by atoms with van der Waals surface area (Å²) < 4.78 is 4.95. The van der Waals surface area contributed by atoms with Crippen LogP contribution in [0.5, 0.6) is 0 Å². The molecule has 8 heteroatoms. The van der Waals surface area contributed by atoms with Crippen LogP contribution in [0.4, 0.5) is 4.79 Å². The second-order valence-corrected chi connectivity index (χ2v) is 4.92. The third-order valence-corrected chi connectivity index (χ3v) is 3.53. The topological polar surface area (TPSA) is 95.7 Å². The van der Waals surface area contributed by atoms with Crippen LogP contribution in [-0.2, 0) is 11.3 Å². The molecule has 2 rings (SSSR count). The molecule has 1 atom stereocenters. The Morgan fingerprint density at radius 3 is 3.11 bits per heavy atom. The third kappa shape index (κ3) is 2.76. The fourth-order valence-electron chi connectivity index (χ4n) is 1.61. The van der Waals surface area contributed by atoms with Gasteiger partial charge in [0.1, 0.15) is 6.04 Å². The zero-order valence-electron chi connectivity index (χ0n) is 9.75. The Bertz CT molecular complexity index is 462. The van der Waals surface area contributed by atoms with E-state index in [1.807, 2.05) is 0 Å². The van der Waals surface area contributed by atoms with Crippen molar-refractivity contribution < 1.29 is 19.2 Å². The van der Waals surface area contributed by atoms with Crippen LogP contribution in [-0.4, -0.2) is 44.8 Å². The average molecular weight is 271 g/mol. The summed E-state index contributed by atoms with van der Waals surface area (Å²) in [5.74, 6) is 0.368. The van der Waals surface area contributed by atoms with Gasteiger partial charge in [0.25, 0.3) is 0 Å². The summed E-state index contributed by atoms with van der Waals surface area (Å²) in [6, 6.07) is 0.557. The summed E-state index contributed by atoms with van der Waals surface area (Å²) in [6.07, 6.45) is 0. The van der Waals surface area contributed by atoms with Crippen molar-refractivity contribution in [2.75, 3.05) is 11.6 Å². The Labute approximate surface area is 107 Å². The largest absolute Gasteiger partial charge is 0.480 e. The minimum absolute atomic E-state index is 0.202. The summed E-state index contributed by atoms with van der Waals surface area (Å²) in [5, 5.41) is 15.3. The predicted octanol–water partition coefficient (Wildman–Crippen LogP) is 0.652. The Balaban J connectivity index is 1.89. The van der Waals surface area contributed by atoms with E-state index < -0.39 is 18.0 Å². The SMILES string of the molecule is Cc1cc(CNC(=O)N2CSCC2C(=O)O)on1. The number of aliphatic carboxylic acids is 1. The van der Waals surface area contributed by atoms with E-state index in [1.165, 1.54) is 16.7 Å². The molecule has 1 saturated heterocycles. The van der Waals surface area contributed by atoms with Crippen LogP contribution in [0.25, 0.3) is 0 Å². The molecule has 1 aliphatic heterocycles. The van der Waals surface area contributed by atoms with Gasteiger partial charge in [0.05, 0.1) is 18.1 Å². The first kappa shape index (κ1) is 12.7. The Kier molecular flexibility index (Phi) is 3.75. The molecule has 0 aromatic carbocycles. The van der Waals surface area contributed by atoms with Gasteiger partial charge in [-0.25, -0.2) is 9.59 Å². The van der Waals surface area contributed by atoms with Gasteiger partial charge in [-0.3, -0.25) is 0 Å². The highest BCUT2D eigenvalue weighted by atomic mass is 32.2. The molecule has 0 bridgehead atoms. The molecular weight excluding hydrogens is 258 g/mol. The van der Waals surface area contributed by atoms with E-state index in [0.29, 0.717) is 17.4 Å². The molecule has 2 amide bonds. The smallest absolute Gasteiger partial charge is 0.327 e. The molecule has 1 aromatic heterocycles. The highest BCUT2D eigenvalue weighted by Gasteiger charge is 2.34. The number of hydrogen-bond donors (Lipinski definition) is 2. The molecule has 2 heterocycles. The van der Waals surface area contributed by atoms with E-state index in [4.69, 9.17) is 9.63 Å². The number of rotatable bonds is 3. The molecule has 1 aliphatic rings. The van der Waals surface area contributed by atoms with Gasteiger partial charge < -0.3 is 19.8 Å². The number of nitrogens with one attached hydrogen (secondary N) is 1. The van der Waals surface area contributed by atoms with Gasteiger partial charge in [-0.1, -0.05) is 5.16 Å². The number of carboxylic acids is 1. The molecule has 0 saturated carbocycles. The van der Waals surface area contributed by atoms with Gasteiger partial charge >= 0.3 is 12.0 Å². The number of thioether (sulfide) groups is 1. The van der Waals surface area contributed by atoms with Gasteiger partial charge in [-0.2, -0.15) is 0 Å². The predicted molar refractivity (Wildman–Crippen MR) is 64.1 cm³/mol. The van der Waals surface area contributed by atoms with Crippen molar-refractivity contribution in [3.05, 3.63) is 17.5 Å². The van der Waals surface area contributed by atoms with Crippen LogP contribution in [0.2, 0.25) is 0 Å². The molecule has 7 nitrogen and oxygen atoms in total. The molecule has 1 unspecified atom stereocenters. The van der Waals surface area contributed by atoms with Crippen LogP contribution in [0.1, 0.15) is 11.5 Å². The lowest BCUT2D eigenvalue weighted by Gasteiger charge is -2.20. The first-order chi connectivity index (χ1) is 8.58. The summed E-state index contributed by atoms with van der Waals surface area (Å²) in [5.41, 5.74) is 0.736. The first-order valence-corrected chi connectivity index (χ1v) is 6.50. The molecule has 18 heavy (non-hydrogen) atoms. The maximum Gasteiger partial charge on any atom is 0.327 e. The third-order valence-electron chi connectivity index (χ3n) is 2.52. The number of hydrogen-bond acceptors (Lipinski definition) is 5. The number of urea groups is 1. The van der Waals surface area contributed by atoms with Crippen molar-refractivity contribution in [3.63, 3.8) is 0 Å². The number of amides is 2. The second-order valence-electron chi connectivity index (χ2n) is 3.92. The molecule has 1 fully saturated rings. The van der Waals surface area contributed by atoms with Gasteiger partial charge in [0.2, 0.25) is 0 Å².